The maximum atomic E-state index is 5.51. The van der Waals surface area contributed by atoms with E-state index in [4.69, 9.17) is 4.74 Å². The van der Waals surface area contributed by atoms with Gasteiger partial charge in [-0.2, -0.15) is 0 Å². The number of hydrogen-bond acceptors (Lipinski definition) is 4. The summed E-state index contributed by atoms with van der Waals surface area (Å²) in [5.41, 5.74) is 0.986. The normalized spacial score (nSPS) is 14.2. The quantitative estimate of drug-likeness (QED) is 0.771. The van der Waals surface area contributed by atoms with Gasteiger partial charge in [0.25, 0.3) is 0 Å². The molecule has 0 aliphatic carbocycles. The van der Waals surface area contributed by atoms with Crippen molar-refractivity contribution in [1.82, 2.24) is 15.3 Å². The van der Waals surface area contributed by atoms with Crippen molar-refractivity contribution in [3.05, 3.63) is 18.1 Å². The van der Waals surface area contributed by atoms with E-state index >= 15 is 0 Å². The Morgan fingerprint density at radius 2 is 2.00 bits per heavy atom. The van der Waals surface area contributed by atoms with Crippen molar-refractivity contribution in [2.24, 2.45) is 0 Å². The predicted octanol–water partition coefficient (Wildman–Crippen LogP) is 2.76. The molecule has 102 valence electrons. The van der Waals surface area contributed by atoms with Gasteiger partial charge in [-0.25, -0.2) is 4.98 Å². The minimum absolute atomic E-state index is 0.328. The molecule has 1 heterocycles. The highest BCUT2D eigenvalue weighted by atomic mass is 16.5. The summed E-state index contributed by atoms with van der Waals surface area (Å²) in [4.78, 5) is 8.72. The van der Waals surface area contributed by atoms with E-state index in [2.05, 4.69) is 43.0 Å². The molecule has 0 aliphatic heterocycles. The fourth-order valence-corrected chi connectivity index (χ4v) is 1.66. The van der Waals surface area contributed by atoms with Gasteiger partial charge in [-0.3, -0.25) is 4.98 Å². The molecule has 4 heteroatoms. The molecule has 0 saturated carbocycles. The Hall–Kier alpha value is -1.16. The first kappa shape index (κ1) is 14.9. The van der Waals surface area contributed by atoms with E-state index in [0.717, 1.165) is 25.1 Å². The maximum absolute atomic E-state index is 5.51. The second-order valence-corrected chi connectivity index (χ2v) is 4.66. The Morgan fingerprint density at radius 1 is 1.22 bits per heavy atom. The van der Waals surface area contributed by atoms with Crippen LogP contribution in [-0.4, -0.2) is 29.2 Å². The summed E-state index contributed by atoms with van der Waals surface area (Å²) >= 11 is 0. The molecule has 1 N–H and O–H groups in total. The van der Waals surface area contributed by atoms with Crippen LogP contribution in [0.3, 0.4) is 0 Å². The lowest BCUT2D eigenvalue weighted by atomic mass is 10.00. The van der Waals surface area contributed by atoms with Gasteiger partial charge in [0.05, 0.1) is 18.5 Å². The summed E-state index contributed by atoms with van der Waals surface area (Å²) in [6.45, 7) is 10.3. The van der Waals surface area contributed by atoms with Crippen molar-refractivity contribution in [2.75, 3.05) is 13.2 Å². The number of nitrogens with zero attached hydrogens (tertiary/aromatic N) is 2. The standard InChI is InChI=1S/C14H25N3O/c1-5-7-16-12(4)11(3)13-9-15-10-14(17-13)18-8-6-2/h9-12,16H,5-8H2,1-4H3. The molecule has 2 unspecified atom stereocenters. The molecule has 1 aromatic heterocycles. The van der Waals surface area contributed by atoms with E-state index in [0.29, 0.717) is 24.4 Å². The van der Waals surface area contributed by atoms with Crippen molar-refractivity contribution in [3.63, 3.8) is 0 Å². The molecule has 0 amide bonds. The highest BCUT2D eigenvalue weighted by Gasteiger charge is 2.15. The monoisotopic (exact) mass is 251 g/mol. The van der Waals surface area contributed by atoms with Gasteiger partial charge in [0.2, 0.25) is 5.88 Å². The molecule has 1 rings (SSSR count). The summed E-state index contributed by atoms with van der Waals surface area (Å²) in [5, 5.41) is 3.48. The summed E-state index contributed by atoms with van der Waals surface area (Å²) in [6, 6.07) is 0.390. The van der Waals surface area contributed by atoms with Gasteiger partial charge < -0.3 is 10.1 Å². The van der Waals surface area contributed by atoms with E-state index < -0.39 is 0 Å². The molecule has 0 radical (unpaired) electrons. The fourth-order valence-electron chi connectivity index (χ4n) is 1.66. The van der Waals surface area contributed by atoms with Crippen LogP contribution in [0.25, 0.3) is 0 Å². The van der Waals surface area contributed by atoms with Crippen LogP contribution < -0.4 is 10.1 Å². The Morgan fingerprint density at radius 3 is 2.67 bits per heavy atom. The number of nitrogens with one attached hydrogen (secondary N) is 1. The zero-order valence-electron chi connectivity index (χ0n) is 11.9. The molecule has 1 aromatic rings. The molecule has 18 heavy (non-hydrogen) atoms. The van der Waals surface area contributed by atoms with Crippen molar-refractivity contribution >= 4 is 0 Å². The van der Waals surface area contributed by atoms with Crippen LogP contribution in [-0.2, 0) is 0 Å². The Kier molecular flexibility index (Phi) is 6.65. The zero-order chi connectivity index (χ0) is 13.4. The Balaban J connectivity index is 2.63. The van der Waals surface area contributed by atoms with E-state index in [9.17, 15) is 0 Å². The Labute approximate surface area is 110 Å². The SMILES string of the molecule is CCCNC(C)C(C)c1cncc(OCCC)n1. The van der Waals surface area contributed by atoms with E-state index in [1.807, 2.05) is 6.20 Å². The first-order chi connectivity index (χ1) is 8.69. The average Bonchev–Trinajstić information content (AvgIpc) is 2.42. The van der Waals surface area contributed by atoms with Crippen LogP contribution in [0.15, 0.2) is 12.4 Å². The molecular formula is C14H25N3O. The zero-order valence-corrected chi connectivity index (χ0v) is 11.9. The van der Waals surface area contributed by atoms with Gasteiger partial charge in [-0.05, 0) is 26.3 Å². The predicted molar refractivity (Wildman–Crippen MR) is 74.0 cm³/mol. The number of ether oxygens (including phenoxy) is 1. The first-order valence-corrected chi connectivity index (χ1v) is 6.87. The van der Waals surface area contributed by atoms with Gasteiger partial charge in [-0.15, -0.1) is 0 Å². The third kappa shape index (κ3) is 4.61. The third-order valence-electron chi connectivity index (χ3n) is 3.02. The van der Waals surface area contributed by atoms with E-state index in [1.54, 1.807) is 6.20 Å². The van der Waals surface area contributed by atoms with Crippen molar-refractivity contribution in [1.29, 1.82) is 0 Å². The van der Waals surface area contributed by atoms with Crippen LogP contribution in [0.4, 0.5) is 0 Å². The average molecular weight is 251 g/mol. The summed E-state index contributed by atoms with van der Waals surface area (Å²) < 4.78 is 5.51. The highest BCUT2D eigenvalue weighted by Crippen LogP contribution is 2.18. The van der Waals surface area contributed by atoms with Gasteiger partial charge >= 0.3 is 0 Å². The minimum atomic E-state index is 0.328. The Bertz CT molecular complexity index is 344. The fraction of sp³-hybridized carbons (Fsp3) is 0.714. The van der Waals surface area contributed by atoms with E-state index in [-0.39, 0.29) is 0 Å². The molecule has 0 spiro atoms. The summed E-state index contributed by atoms with van der Waals surface area (Å²) in [6.07, 6.45) is 5.63. The lowest BCUT2D eigenvalue weighted by Gasteiger charge is -2.20. The van der Waals surface area contributed by atoms with Gasteiger partial charge in [-0.1, -0.05) is 20.8 Å². The highest BCUT2D eigenvalue weighted by molar-refractivity contribution is 5.13. The lowest BCUT2D eigenvalue weighted by Crippen LogP contribution is -2.31. The van der Waals surface area contributed by atoms with Gasteiger partial charge in [0, 0.05) is 18.2 Å². The number of hydrogen-bond donors (Lipinski definition) is 1. The van der Waals surface area contributed by atoms with E-state index in [1.165, 1.54) is 0 Å². The molecule has 2 atom stereocenters. The molecule has 0 fully saturated rings. The number of rotatable bonds is 8. The number of aromatic nitrogens is 2. The van der Waals surface area contributed by atoms with Gasteiger partial charge in [0.15, 0.2) is 0 Å². The molecule has 4 nitrogen and oxygen atoms in total. The van der Waals surface area contributed by atoms with Crippen LogP contribution in [0, 0.1) is 0 Å². The van der Waals surface area contributed by atoms with Crippen LogP contribution >= 0.6 is 0 Å². The largest absolute Gasteiger partial charge is 0.477 e. The lowest BCUT2D eigenvalue weighted by molar-refractivity contribution is 0.301. The van der Waals surface area contributed by atoms with Crippen molar-refractivity contribution in [2.45, 2.75) is 52.5 Å². The molecule has 0 aliphatic rings. The van der Waals surface area contributed by atoms with Crippen LogP contribution in [0.2, 0.25) is 0 Å². The molecule has 0 bridgehead atoms. The first-order valence-electron chi connectivity index (χ1n) is 6.87. The maximum Gasteiger partial charge on any atom is 0.232 e. The molecular weight excluding hydrogens is 226 g/mol. The molecule has 0 saturated heterocycles. The van der Waals surface area contributed by atoms with Crippen molar-refractivity contribution in [3.8, 4) is 5.88 Å². The molecule has 0 aromatic carbocycles. The topological polar surface area (TPSA) is 47.0 Å². The van der Waals surface area contributed by atoms with Crippen LogP contribution in [0.1, 0.15) is 52.1 Å². The van der Waals surface area contributed by atoms with Crippen molar-refractivity contribution < 1.29 is 4.74 Å². The summed E-state index contributed by atoms with van der Waals surface area (Å²) in [5.74, 6) is 0.957. The second kappa shape index (κ2) is 8.03. The minimum Gasteiger partial charge on any atom is -0.477 e. The van der Waals surface area contributed by atoms with Gasteiger partial charge in [0.1, 0.15) is 0 Å². The third-order valence-corrected chi connectivity index (χ3v) is 3.02. The second-order valence-electron chi connectivity index (χ2n) is 4.66. The smallest absolute Gasteiger partial charge is 0.232 e. The van der Waals surface area contributed by atoms with Crippen LogP contribution in [0.5, 0.6) is 5.88 Å². The summed E-state index contributed by atoms with van der Waals surface area (Å²) in [7, 11) is 0.